The number of anilines is 1. The Balaban J connectivity index is 2.24. The minimum Gasteiger partial charge on any atom is -0.516 e. The topological polar surface area (TPSA) is 84.9 Å². The summed E-state index contributed by atoms with van der Waals surface area (Å²) in [6.07, 6.45) is 1.98. The van der Waals surface area contributed by atoms with Crippen molar-refractivity contribution in [1.82, 2.24) is 4.39 Å². The summed E-state index contributed by atoms with van der Waals surface area (Å²) in [7, 11) is -8.38. The van der Waals surface area contributed by atoms with Crippen molar-refractivity contribution in [3.8, 4) is 11.5 Å². The van der Waals surface area contributed by atoms with Gasteiger partial charge in [0.1, 0.15) is 18.9 Å². The van der Waals surface area contributed by atoms with Gasteiger partial charge in [-0.25, -0.2) is 17.6 Å². The number of benzene rings is 2. The van der Waals surface area contributed by atoms with Crippen LogP contribution in [-0.2, 0) is 14.4 Å². The van der Waals surface area contributed by atoms with E-state index in [1.807, 2.05) is 57.5 Å². The normalized spacial score (nSPS) is 14.9. The molecule has 0 aliphatic carbocycles. The average Bonchev–Trinajstić information content (AvgIpc) is 3.20. The third-order valence-electron chi connectivity index (χ3n) is 4.81. The number of carbonyl (C=O) groups is 1. The molecule has 7 nitrogen and oxygen atoms in total. The van der Waals surface area contributed by atoms with Crippen LogP contribution in [0.15, 0.2) is 47.4 Å². The smallest absolute Gasteiger partial charge is 0.324 e. The minimum atomic E-state index is -3.96. The Hall–Kier alpha value is -2.15. The highest BCUT2D eigenvalue weighted by atomic mass is 32.2. The maximum absolute atomic E-state index is 13.6. The molecule has 0 aromatic heterocycles. The van der Waals surface area contributed by atoms with Gasteiger partial charge in [-0.2, -0.15) is 0 Å². The van der Waals surface area contributed by atoms with Crippen LogP contribution >= 0.6 is 0 Å². The van der Waals surface area contributed by atoms with E-state index in [0.717, 1.165) is 25.9 Å². The summed E-state index contributed by atoms with van der Waals surface area (Å²) in [6, 6.07) is 12.2. The summed E-state index contributed by atoms with van der Waals surface area (Å²) in [5, 5.41) is 0. The lowest BCUT2D eigenvalue weighted by Crippen LogP contribution is -2.45. The van der Waals surface area contributed by atoms with Crippen molar-refractivity contribution in [1.29, 1.82) is 0 Å². The quantitative estimate of drug-likeness (QED) is 0.496. The Morgan fingerprint density at radius 3 is 2.12 bits per heavy atom. The molecule has 33 heavy (non-hydrogen) atoms. The molecule has 10 heteroatoms. The number of carbonyl (C=O) groups excluding carboxylic acids is 1. The number of nitrogens with one attached hydrogen (secondary N) is 1. The molecule has 1 aliphatic heterocycles. The molecule has 1 aliphatic rings. The number of hydrogen-bond acceptors (Lipinski definition) is 6. The molecular formula is C23H34N2O5SSi2. The minimum absolute atomic E-state index is 0.0410. The molecule has 0 atom stereocenters. The Morgan fingerprint density at radius 2 is 1.58 bits per heavy atom. The molecule has 0 unspecified atom stereocenters. The first-order valence-electron chi connectivity index (χ1n) is 11.2. The largest absolute Gasteiger partial charge is 0.516 e. The molecule has 0 radical (unpaired) electrons. The maximum atomic E-state index is 13.6. The number of rotatable bonds is 8. The molecule has 1 fully saturated rings. The lowest BCUT2D eigenvalue weighted by molar-refractivity contribution is 0.0724. The highest BCUT2D eigenvalue weighted by molar-refractivity contribution is 7.91. The molecule has 0 bridgehead atoms. The molecule has 2 aromatic rings. The van der Waals surface area contributed by atoms with Crippen LogP contribution in [0.2, 0.25) is 39.3 Å². The second-order valence-corrected chi connectivity index (χ2v) is 21.5. The molecule has 0 spiro atoms. The van der Waals surface area contributed by atoms with Gasteiger partial charge in [-0.3, -0.25) is 0 Å². The van der Waals surface area contributed by atoms with Crippen LogP contribution in [0.5, 0.6) is 11.5 Å². The second-order valence-electron chi connectivity index (χ2n) is 10.3. The van der Waals surface area contributed by atoms with Crippen LogP contribution in [0.1, 0.15) is 23.2 Å². The Bertz CT molecular complexity index is 1100. The highest BCUT2D eigenvalue weighted by Crippen LogP contribution is 2.41. The van der Waals surface area contributed by atoms with E-state index in [1.165, 1.54) is 6.07 Å². The van der Waals surface area contributed by atoms with E-state index in [0.29, 0.717) is 11.4 Å². The van der Waals surface area contributed by atoms with Gasteiger partial charge in [0, 0.05) is 13.1 Å². The van der Waals surface area contributed by atoms with Crippen molar-refractivity contribution in [2.75, 3.05) is 18.0 Å². The van der Waals surface area contributed by atoms with Crippen molar-refractivity contribution >= 4 is 38.2 Å². The molecular weight excluding hydrogens is 473 g/mol. The Kier molecular flexibility index (Phi) is 7.42. The van der Waals surface area contributed by atoms with Gasteiger partial charge in [-0.1, -0.05) is 37.8 Å². The van der Waals surface area contributed by atoms with Gasteiger partial charge in [0.15, 0.2) is 5.75 Å². The first-order chi connectivity index (χ1) is 15.3. The van der Waals surface area contributed by atoms with Gasteiger partial charge in [-0.05, 0) is 56.7 Å². The van der Waals surface area contributed by atoms with E-state index in [1.54, 1.807) is 18.2 Å². The van der Waals surface area contributed by atoms with Gasteiger partial charge >= 0.3 is 5.97 Å². The Labute approximate surface area is 199 Å². The monoisotopic (exact) mass is 506 g/mol. The first kappa shape index (κ1) is 25.5. The summed E-state index contributed by atoms with van der Waals surface area (Å²) in [5.74, 6) is 0.253. The van der Waals surface area contributed by atoms with E-state index in [-0.39, 0.29) is 16.2 Å². The summed E-state index contributed by atoms with van der Waals surface area (Å²) in [6.45, 7) is 13.0. The van der Waals surface area contributed by atoms with E-state index < -0.39 is 32.5 Å². The molecule has 3 rings (SSSR count). The van der Waals surface area contributed by atoms with Crippen LogP contribution in [-0.4, -0.2) is 44.0 Å². The van der Waals surface area contributed by atoms with Gasteiger partial charge < -0.3 is 14.1 Å². The third-order valence-corrected chi connectivity index (χ3v) is 10.0. The average molecular weight is 507 g/mol. The fraction of sp³-hybridized carbons (Fsp3) is 0.435. The molecule has 0 saturated carbocycles. The lowest BCUT2D eigenvalue weighted by atomic mass is 10.1. The zero-order valence-corrected chi connectivity index (χ0v) is 23.1. The van der Waals surface area contributed by atoms with Crippen molar-refractivity contribution < 1.29 is 22.4 Å². The number of hydrogen-bond donors (Lipinski definition) is 1. The molecule has 180 valence electrons. The van der Waals surface area contributed by atoms with Crippen molar-refractivity contribution in [2.24, 2.45) is 0 Å². The zero-order valence-electron chi connectivity index (χ0n) is 20.3. The predicted octanol–water partition coefficient (Wildman–Crippen LogP) is 5.18. The van der Waals surface area contributed by atoms with E-state index in [4.69, 9.17) is 9.16 Å². The van der Waals surface area contributed by atoms with Crippen LogP contribution < -0.4 is 14.0 Å². The van der Waals surface area contributed by atoms with Crippen molar-refractivity contribution in [2.45, 2.75) is 57.0 Å². The molecule has 0 amide bonds. The second kappa shape index (κ2) is 9.61. The van der Waals surface area contributed by atoms with Crippen LogP contribution in [0.3, 0.4) is 0 Å². The maximum Gasteiger partial charge on any atom is 0.324 e. The SMILES string of the molecule is C[Si](C)(C)NS(=O)(=O)c1cc(C(=O)O[Si](C)(C)C)cc(N2CCCC2)c1Oc1ccccc1. The van der Waals surface area contributed by atoms with Crippen LogP contribution in [0.25, 0.3) is 0 Å². The van der Waals surface area contributed by atoms with Gasteiger partial charge in [0.2, 0.25) is 18.3 Å². The number of para-hydroxylation sites is 1. The van der Waals surface area contributed by atoms with Crippen molar-refractivity contribution in [3.63, 3.8) is 0 Å². The summed E-state index contributed by atoms with van der Waals surface area (Å²) >= 11 is 0. The Morgan fingerprint density at radius 1 is 0.970 bits per heavy atom. The molecule has 1 heterocycles. The van der Waals surface area contributed by atoms with Gasteiger partial charge in [0.05, 0.1) is 11.3 Å². The van der Waals surface area contributed by atoms with Crippen LogP contribution in [0, 0.1) is 0 Å². The van der Waals surface area contributed by atoms with Gasteiger partial charge in [0.25, 0.3) is 0 Å². The molecule has 2 aromatic carbocycles. The summed E-state index contributed by atoms with van der Waals surface area (Å²) in [4.78, 5) is 15.0. The van der Waals surface area contributed by atoms with Gasteiger partial charge in [-0.15, -0.1) is 0 Å². The van der Waals surface area contributed by atoms with E-state index in [9.17, 15) is 13.2 Å². The summed E-state index contributed by atoms with van der Waals surface area (Å²) < 4.78 is 41.9. The van der Waals surface area contributed by atoms with E-state index in [2.05, 4.69) is 9.29 Å². The number of nitrogens with zero attached hydrogens (tertiary/aromatic N) is 1. The fourth-order valence-corrected chi connectivity index (χ4v) is 8.61. The zero-order chi connectivity index (χ0) is 24.4. The van der Waals surface area contributed by atoms with Crippen molar-refractivity contribution in [3.05, 3.63) is 48.0 Å². The first-order valence-corrected chi connectivity index (χ1v) is 19.6. The summed E-state index contributed by atoms with van der Waals surface area (Å²) in [5.41, 5.74) is 0.813. The lowest BCUT2D eigenvalue weighted by Gasteiger charge is -2.26. The van der Waals surface area contributed by atoms with E-state index >= 15 is 0 Å². The number of sulfonamides is 1. The third kappa shape index (κ3) is 6.92. The predicted molar refractivity (Wildman–Crippen MR) is 137 cm³/mol. The molecule has 1 N–H and O–H groups in total. The molecule has 1 saturated heterocycles. The highest BCUT2D eigenvalue weighted by Gasteiger charge is 2.33. The standard InChI is InChI=1S/C23H34N2O5SSi2/c1-32(2,3)24-31(27,28)21-17-18(23(26)30-33(4,5)6)16-20(25-14-10-11-15-25)22(21)29-19-12-8-7-9-13-19/h7-9,12-13,16-17,24H,10-11,14-15H2,1-6H3. The van der Waals surface area contributed by atoms with Crippen LogP contribution in [0.4, 0.5) is 5.69 Å². The fourth-order valence-electron chi connectivity index (χ4n) is 3.60. The number of ether oxygens (including phenoxy) is 1.